The Kier molecular flexibility index (Phi) is 6.68. The largest absolute Gasteiger partial charge is 0.486 e. The molecule has 0 aliphatic rings. The Bertz CT molecular complexity index is 1010. The maximum Gasteiger partial charge on any atom is 0.235 e. The number of hydrogen-bond acceptors (Lipinski definition) is 7. The number of amides is 1. The summed E-state index contributed by atoms with van der Waals surface area (Å²) in [6.45, 7) is 4.98. The molecule has 0 bridgehead atoms. The van der Waals surface area contributed by atoms with Crippen molar-refractivity contribution in [2.45, 2.75) is 32.2 Å². The van der Waals surface area contributed by atoms with E-state index < -0.39 is 0 Å². The lowest BCUT2D eigenvalue weighted by atomic mass is 10.2. The monoisotopic (exact) mass is 413 g/mol. The van der Waals surface area contributed by atoms with E-state index in [9.17, 15) is 4.79 Å². The quantitative estimate of drug-likeness (QED) is 0.564. The summed E-state index contributed by atoms with van der Waals surface area (Å²) in [5.41, 5.74) is 1.60. The van der Waals surface area contributed by atoms with Crippen LogP contribution in [0.4, 0.5) is 5.00 Å². The zero-order valence-corrected chi connectivity index (χ0v) is 17.1. The summed E-state index contributed by atoms with van der Waals surface area (Å²) in [7, 11) is 0. The molecule has 28 heavy (non-hydrogen) atoms. The van der Waals surface area contributed by atoms with Crippen LogP contribution in [0, 0.1) is 18.3 Å². The van der Waals surface area contributed by atoms with Crippen molar-refractivity contribution in [3.63, 3.8) is 0 Å². The van der Waals surface area contributed by atoms with Crippen LogP contribution in [0.15, 0.2) is 40.9 Å². The first-order chi connectivity index (χ1) is 13.6. The van der Waals surface area contributed by atoms with Crippen LogP contribution in [0.3, 0.4) is 0 Å². The predicted octanol–water partition coefficient (Wildman–Crippen LogP) is 3.85. The first kappa shape index (κ1) is 19.9. The summed E-state index contributed by atoms with van der Waals surface area (Å²) < 4.78 is 7.74. The highest BCUT2D eigenvalue weighted by Gasteiger charge is 2.15. The highest BCUT2D eigenvalue weighted by atomic mass is 32.2. The Morgan fingerprint density at radius 2 is 2.25 bits per heavy atom. The average Bonchev–Trinajstić information content (AvgIpc) is 3.30. The van der Waals surface area contributed by atoms with Crippen LogP contribution in [0.2, 0.25) is 0 Å². The molecule has 2 heterocycles. The van der Waals surface area contributed by atoms with Gasteiger partial charge in [0.25, 0.3) is 0 Å². The van der Waals surface area contributed by atoms with Crippen molar-refractivity contribution in [3.05, 3.63) is 52.7 Å². The molecular formula is C19H19N5O2S2. The molecule has 0 saturated carbocycles. The van der Waals surface area contributed by atoms with Crippen molar-refractivity contribution < 1.29 is 9.53 Å². The minimum Gasteiger partial charge on any atom is -0.486 e. The van der Waals surface area contributed by atoms with Gasteiger partial charge in [-0.15, -0.1) is 21.5 Å². The van der Waals surface area contributed by atoms with E-state index in [1.165, 1.54) is 23.1 Å². The van der Waals surface area contributed by atoms with Crippen molar-refractivity contribution in [2.75, 3.05) is 11.1 Å². The topological polar surface area (TPSA) is 92.8 Å². The first-order valence-corrected chi connectivity index (χ1v) is 10.5. The zero-order chi connectivity index (χ0) is 19.9. The molecule has 2 aromatic heterocycles. The molecule has 1 aromatic carbocycles. The van der Waals surface area contributed by atoms with Crippen molar-refractivity contribution >= 4 is 34.0 Å². The summed E-state index contributed by atoms with van der Waals surface area (Å²) >= 11 is 2.63. The van der Waals surface area contributed by atoms with Crippen LogP contribution >= 0.6 is 23.1 Å². The van der Waals surface area contributed by atoms with Gasteiger partial charge in [0, 0.05) is 6.54 Å². The van der Waals surface area contributed by atoms with Crippen molar-refractivity contribution in [2.24, 2.45) is 0 Å². The van der Waals surface area contributed by atoms with Gasteiger partial charge in [0.05, 0.1) is 11.3 Å². The standard InChI is InChI=1S/C19H19N5O2S2/c1-3-24-16(11-26-15-6-4-5-13(2)9-15)22-23-19(24)28-12-17(25)21-18-14(10-20)7-8-27-18/h4-9H,3,11-12H2,1-2H3,(H,21,25). The second kappa shape index (κ2) is 9.39. The highest BCUT2D eigenvalue weighted by molar-refractivity contribution is 7.99. The molecule has 1 N–H and O–H groups in total. The SMILES string of the molecule is CCn1c(COc2cccc(C)c2)nnc1SCC(=O)Nc1sccc1C#N. The van der Waals surface area contributed by atoms with E-state index in [-0.39, 0.29) is 11.7 Å². The van der Waals surface area contributed by atoms with E-state index in [2.05, 4.69) is 21.6 Å². The van der Waals surface area contributed by atoms with Crippen LogP contribution in [0.25, 0.3) is 0 Å². The number of carbonyl (C=O) groups excluding carboxylic acids is 1. The van der Waals surface area contributed by atoms with Crippen LogP contribution < -0.4 is 10.1 Å². The molecule has 0 radical (unpaired) electrons. The molecule has 1 amide bonds. The van der Waals surface area contributed by atoms with Gasteiger partial charge in [-0.1, -0.05) is 23.9 Å². The summed E-state index contributed by atoms with van der Waals surface area (Å²) in [5.74, 6) is 1.48. The number of nitriles is 1. The minimum atomic E-state index is -0.188. The molecule has 0 aliphatic heterocycles. The Hall–Kier alpha value is -2.83. The van der Waals surface area contributed by atoms with E-state index in [1.807, 2.05) is 42.7 Å². The van der Waals surface area contributed by atoms with Crippen molar-refractivity contribution in [3.8, 4) is 11.8 Å². The van der Waals surface area contributed by atoms with Crippen molar-refractivity contribution in [1.29, 1.82) is 5.26 Å². The third kappa shape index (κ3) is 4.91. The molecule has 0 unspecified atom stereocenters. The number of thioether (sulfide) groups is 1. The number of carbonyl (C=O) groups is 1. The van der Waals surface area contributed by atoms with Gasteiger partial charge in [-0.25, -0.2) is 0 Å². The van der Waals surface area contributed by atoms with E-state index >= 15 is 0 Å². The molecule has 3 rings (SSSR count). The van der Waals surface area contributed by atoms with Gasteiger partial charge in [0.1, 0.15) is 23.4 Å². The molecule has 7 nitrogen and oxygen atoms in total. The maximum atomic E-state index is 12.2. The van der Waals surface area contributed by atoms with E-state index in [0.29, 0.717) is 34.7 Å². The molecule has 0 spiro atoms. The van der Waals surface area contributed by atoms with Crippen molar-refractivity contribution in [1.82, 2.24) is 14.8 Å². The average molecular weight is 414 g/mol. The number of benzene rings is 1. The molecule has 3 aromatic rings. The summed E-state index contributed by atoms with van der Waals surface area (Å²) in [6, 6.07) is 11.6. The molecule has 0 atom stereocenters. The maximum absolute atomic E-state index is 12.2. The van der Waals surface area contributed by atoms with Crippen LogP contribution in [0.5, 0.6) is 5.75 Å². The number of anilines is 1. The number of ether oxygens (including phenoxy) is 1. The predicted molar refractivity (Wildman–Crippen MR) is 110 cm³/mol. The summed E-state index contributed by atoms with van der Waals surface area (Å²) in [5, 5.41) is 23.2. The fraction of sp³-hybridized carbons (Fsp3) is 0.263. The molecule has 0 fully saturated rings. The fourth-order valence-electron chi connectivity index (χ4n) is 2.49. The van der Waals surface area contributed by atoms with Gasteiger partial charge in [0.2, 0.25) is 5.91 Å². The number of hydrogen-bond donors (Lipinski definition) is 1. The lowest BCUT2D eigenvalue weighted by molar-refractivity contribution is -0.113. The van der Waals surface area contributed by atoms with Crippen LogP contribution in [-0.2, 0) is 17.9 Å². The third-order valence-electron chi connectivity index (χ3n) is 3.84. The molecule has 144 valence electrons. The highest BCUT2D eigenvalue weighted by Crippen LogP contribution is 2.23. The smallest absolute Gasteiger partial charge is 0.235 e. The molecular weight excluding hydrogens is 394 g/mol. The van der Waals surface area contributed by atoms with E-state index in [0.717, 1.165) is 11.3 Å². The van der Waals surface area contributed by atoms with Crippen LogP contribution in [-0.4, -0.2) is 26.4 Å². The Balaban J connectivity index is 1.59. The lowest BCUT2D eigenvalue weighted by Gasteiger charge is -2.09. The minimum absolute atomic E-state index is 0.180. The first-order valence-electron chi connectivity index (χ1n) is 8.62. The molecule has 0 saturated heterocycles. The Morgan fingerprint density at radius 3 is 3.00 bits per heavy atom. The van der Waals surface area contributed by atoms with Gasteiger partial charge >= 0.3 is 0 Å². The normalized spacial score (nSPS) is 10.5. The summed E-state index contributed by atoms with van der Waals surface area (Å²) in [6.07, 6.45) is 0. The van der Waals surface area contributed by atoms with Gasteiger partial charge in [-0.05, 0) is 43.0 Å². The zero-order valence-electron chi connectivity index (χ0n) is 15.5. The van der Waals surface area contributed by atoms with E-state index in [1.54, 1.807) is 11.4 Å². The number of thiophene rings is 1. The number of rotatable bonds is 8. The molecule has 9 heteroatoms. The number of aryl methyl sites for hydroxylation is 1. The van der Waals surface area contributed by atoms with Gasteiger partial charge in [-0.3, -0.25) is 4.79 Å². The lowest BCUT2D eigenvalue weighted by Crippen LogP contribution is -2.14. The van der Waals surface area contributed by atoms with Gasteiger partial charge in [0.15, 0.2) is 11.0 Å². The number of aromatic nitrogens is 3. The van der Waals surface area contributed by atoms with Crippen LogP contribution in [0.1, 0.15) is 23.9 Å². The van der Waals surface area contributed by atoms with Gasteiger partial charge < -0.3 is 14.6 Å². The second-order valence-corrected chi connectivity index (χ2v) is 7.72. The van der Waals surface area contributed by atoms with E-state index in [4.69, 9.17) is 10.00 Å². The Morgan fingerprint density at radius 1 is 1.39 bits per heavy atom. The fourth-order valence-corrected chi connectivity index (χ4v) is 4.06. The second-order valence-electron chi connectivity index (χ2n) is 5.86. The number of nitrogens with one attached hydrogen (secondary N) is 1. The Labute approximate surface area is 171 Å². The number of nitrogens with zero attached hydrogens (tertiary/aromatic N) is 4. The third-order valence-corrected chi connectivity index (χ3v) is 5.63. The molecule has 0 aliphatic carbocycles. The van der Waals surface area contributed by atoms with Gasteiger partial charge in [-0.2, -0.15) is 5.26 Å². The summed E-state index contributed by atoms with van der Waals surface area (Å²) in [4.78, 5) is 12.2.